The van der Waals surface area contributed by atoms with Crippen LogP contribution < -0.4 is 16.2 Å². The van der Waals surface area contributed by atoms with Gasteiger partial charge in [0.05, 0.1) is 26.3 Å². The molecule has 0 aliphatic rings. The van der Waals surface area contributed by atoms with E-state index in [4.69, 9.17) is 11.5 Å². The highest BCUT2D eigenvalue weighted by Crippen LogP contribution is 2.29. The number of nitro groups is 1. The van der Waals surface area contributed by atoms with Gasteiger partial charge in [-0.1, -0.05) is 0 Å². The quantitative estimate of drug-likeness (QED) is 0.114. The highest BCUT2D eigenvalue weighted by molar-refractivity contribution is 7.92. The Bertz CT molecular complexity index is 1200. The average molecular weight is 498 g/mol. The molecule has 0 saturated heterocycles. The summed E-state index contributed by atoms with van der Waals surface area (Å²) in [6.07, 6.45) is -0.991. The predicted octanol–water partition coefficient (Wildman–Crippen LogP) is 1.31. The van der Waals surface area contributed by atoms with E-state index in [2.05, 4.69) is 9.71 Å². The zero-order chi connectivity index (χ0) is 24.8. The van der Waals surface area contributed by atoms with E-state index in [1.165, 1.54) is 11.4 Å². The highest BCUT2D eigenvalue weighted by atomic mass is 32.2. The number of carbonyl (C=O) groups is 3. The minimum absolute atomic E-state index is 0.0257. The number of guanidine groups is 1. The summed E-state index contributed by atoms with van der Waals surface area (Å²) < 4.78 is 27.4. The topological polar surface area (TPSA) is 225 Å². The van der Waals surface area contributed by atoms with E-state index in [1.807, 2.05) is 0 Å². The Hall–Kier alpha value is -3.85. The number of hydrogen-bond acceptors (Lipinski definition) is 8. The summed E-state index contributed by atoms with van der Waals surface area (Å²) in [4.78, 5) is 48.8. The van der Waals surface area contributed by atoms with Crippen molar-refractivity contribution < 1.29 is 32.8 Å². The van der Waals surface area contributed by atoms with Gasteiger partial charge in [0.25, 0.3) is 15.7 Å². The number of Topliss-reactive ketones (excluding diaryl/α,β-unsaturated/α-hetero) is 1. The number of sulfonamides is 1. The second kappa shape index (κ2) is 10.6. The van der Waals surface area contributed by atoms with Crippen molar-refractivity contribution >= 4 is 56.4 Å². The van der Waals surface area contributed by atoms with Crippen LogP contribution in [0.5, 0.6) is 0 Å². The molecule has 176 valence electrons. The number of anilines is 1. The number of nitrogens with two attached hydrogens (primary N) is 2. The molecule has 0 bridgehead atoms. The predicted molar refractivity (Wildman–Crippen MR) is 118 cm³/mol. The maximum Gasteiger partial charge on any atom is 0.306 e. The molecule has 1 aromatic heterocycles. The third-order valence-electron chi connectivity index (χ3n) is 4.26. The Morgan fingerprint density at radius 1 is 1.18 bits per heavy atom. The van der Waals surface area contributed by atoms with Gasteiger partial charge in [0.2, 0.25) is 5.91 Å². The van der Waals surface area contributed by atoms with Crippen LogP contribution in [0.25, 0.3) is 0 Å². The molecule has 1 aromatic carbocycles. The monoisotopic (exact) mass is 497 g/mol. The Labute approximate surface area is 191 Å². The van der Waals surface area contributed by atoms with Crippen molar-refractivity contribution in [3.8, 4) is 0 Å². The molecule has 2 rings (SSSR count). The van der Waals surface area contributed by atoms with Crippen molar-refractivity contribution in [3.05, 3.63) is 50.7 Å². The summed E-state index contributed by atoms with van der Waals surface area (Å²) in [5.74, 6) is -4.39. The largest absolute Gasteiger partial charge is 0.481 e. The number of carboxylic acid groups (broad SMARTS) is 1. The number of aliphatic imine (C=N–C) groups is 1. The fourth-order valence-corrected chi connectivity index (χ4v) is 4.62. The summed E-state index contributed by atoms with van der Waals surface area (Å²) in [5, 5.41) is 21.6. The normalized spacial score (nSPS) is 11.9. The lowest BCUT2D eigenvalue weighted by atomic mass is 9.96. The number of carbonyl (C=O) groups excluding carboxylic acids is 2. The van der Waals surface area contributed by atoms with Crippen LogP contribution in [0, 0.1) is 16.0 Å². The number of amides is 1. The SMILES string of the molecule is NC(N)=NC(=O)CC[C@H](CC(=O)c1sccc1NS(=O)(=O)c1ccc([N+](=O)[O-])cc1)C(=O)O. The summed E-state index contributed by atoms with van der Waals surface area (Å²) in [6, 6.07) is 5.47. The Kier molecular flexibility index (Phi) is 8.20. The number of aliphatic carboxylic acids is 1. The fourth-order valence-electron chi connectivity index (χ4n) is 2.68. The molecule has 0 aliphatic heterocycles. The van der Waals surface area contributed by atoms with Gasteiger partial charge in [-0.2, -0.15) is 4.99 Å². The van der Waals surface area contributed by atoms with E-state index < -0.39 is 50.9 Å². The molecule has 0 fully saturated rings. The van der Waals surface area contributed by atoms with E-state index >= 15 is 0 Å². The second-order valence-corrected chi connectivity index (χ2v) is 9.25. The number of ketones is 1. The Balaban J connectivity index is 2.15. The third-order valence-corrected chi connectivity index (χ3v) is 6.60. The molecular formula is C18H19N5O8S2. The first kappa shape index (κ1) is 25.4. The molecule has 0 saturated carbocycles. The number of thiophene rings is 1. The first-order chi connectivity index (χ1) is 15.4. The van der Waals surface area contributed by atoms with Crippen molar-refractivity contribution in [1.29, 1.82) is 0 Å². The van der Waals surface area contributed by atoms with Crippen molar-refractivity contribution in [2.24, 2.45) is 22.4 Å². The van der Waals surface area contributed by atoms with Gasteiger partial charge in [0.15, 0.2) is 11.7 Å². The zero-order valence-electron chi connectivity index (χ0n) is 16.8. The third kappa shape index (κ3) is 7.08. The maximum absolute atomic E-state index is 12.7. The molecule has 1 heterocycles. The molecule has 1 atom stereocenters. The summed E-state index contributed by atoms with van der Waals surface area (Å²) in [7, 11) is -4.18. The van der Waals surface area contributed by atoms with Gasteiger partial charge in [-0.25, -0.2) is 8.42 Å². The Morgan fingerprint density at radius 3 is 2.36 bits per heavy atom. The number of hydrogen-bond donors (Lipinski definition) is 4. The number of nitrogens with zero attached hydrogens (tertiary/aromatic N) is 2. The number of non-ortho nitro benzene ring substituents is 1. The molecule has 15 heteroatoms. The zero-order valence-corrected chi connectivity index (χ0v) is 18.5. The standard InChI is InChI=1S/C18H19N5O8S2/c19-18(20)21-15(25)6-1-10(17(26)27)9-14(24)16-13(7-8-32-16)22-33(30,31)12-4-2-11(3-5-12)23(28)29/h2-5,7-8,10,22H,1,6,9H2,(H,26,27)(H4,19,20,21,25)/t10-/m1/s1. The van der Waals surface area contributed by atoms with Gasteiger partial charge in [-0.3, -0.25) is 29.2 Å². The van der Waals surface area contributed by atoms with Crippen molar-refractivity contribution in [1.82, 2.24) is 0 Å². The van der Waals surface area contributed by atoms with Gasteiger partial charge >= 0.3 is 5.97 Å². The first-order valence-electron chi connectivity index (χ1n) is 9.14. The highest BCUT2D eigenvalue weighted by Gasteiger charge is 2.26. The fraction of sp³-hybridized carbons (Fsp3) is 0.222. The van der Waals surface area contributed by atoms with E-state index in [0.29, 0.717) is 0 Å². The number of nitrogens with one attached hydrogen (secondary N) is 1. The molecule has 33 heavy (non-hydrogen) atoms. The van der Waals surface area contributed by atoms with Crippen LogP contribution in [0.15, 0.2) is 45.6 Å². The van der Waals surface area contributed by atoms with Gasteiger partial charge in [-0.05, 0) is 30.0 Å². The van der Waals surface area contributed by atoms with Crippen LogP contribution in [0.1, 0.15) is 28.9 Å². The van der Waals surface area contributed by atoms with Crippen LogP contribution in [0.4, 0.5) is 11.4 Å². The van der Waals surface area contributed by atoms with E-state index in [9.17, 15) is 38.0 Å². The minimum atomic E-state index is -4.18. The number of benzene rings is 1. The lowest BCUT2D eigenvalue weighted by molar-refractivity contribution is -0.384. The minimum Gasteiger partial charge on any atom is -0.481 e. The molecular weight excluding hydrogens is 478 g/mol. The van der Waals surface area contributed by atoms with E-state index in [1.54, 1.807) is 0 Å². The van der Waals surface area contributed by atoms with Crippen LogP contribution in [0.2, 0.25) is 0 Å². The second-order valence-electron chi connectivity index (χ2n) is 6.65. The van der Waals surface area contributed by atoms with Crippen LogP contribution in [-0.4, -0.2) is 42.1 Å². The molecule has 1 amide bonds. The van der Waals surface area contributed by atoms with Crippen LogP contribution >= 0.6 is 11.3 Å². The number of rotatable bonds is 11. The smallest absolute Gasteiger partial charge is 0.306 e. The summed E-state index contributed by atoms with van der Waals surface area (Å²) >= 11 is 0.906. The van der Waals surface area contributed by atoms with Gasteiger partial charge in [0.1, 0.15) is 0 Å². The van der Waals surface area contributed by atoms with Gasteiger partial charge in [-0.15, -0.1) is 11.3 Å². The summed E-state index contributed by atoms with van der Waals surface area (Å²) in [6.45, 7) is 0. The summed E-state index contributed by atoms with van der Waals surface area (Å²) in [5.41, 5.74) is 9.81. The van der Waals surface area contributed by atoms with Gasteiger partial charge in [0, 0.05) is 25.0 Å². The average Bonchev–Trinajstić information content (AvgIpc) is 3.17. The number of nitro benzene ring substituents is 1. The molecule has 0 unspecified atom stereocenters. The van der Waals surface area contributed by atoms with Crippen molar-refractivity contribution in [2.45, 2.75) is 24.2 Å². The lowest BCUT2D eigenvalue weighted by Crippen LogP contribution is -2.25. The molecule has 2 aromatic rings. The lowest BCUT2D eigenvalue weighted by Gasteiger charge is -2.12. The Morgan fingerprint density at radius 2 is 1.82 bits per heavy atom. The number of carboxylic acids is 1. The van der Waals surface area contributed by atoms with Crippen LogP contribution in [-0.2, 0) is 19.6 Å². The van der Waals surface area contributed by atoms with Gasteiger partial charge < -0.3 is 16.6 Å². The molecule has 13 nitrogen and oxygen atoms in total. The van der Waals surface area contributed by atoms with E-state index in [0.717, 1.165) is 35.6 Å². The first-order valence-corrected chi connectivity index (χ1v) is 11.5. The van der Waals surface area contributed by atoms with E-state index in [-0.39, 0.29) is 34.0 Å². The molecule has 0 radical (unpaired) electrons. The van der Waals surface area contributed by atoms with Crippen molar-refractivity contribution in [3.63, 3.8) is 0 Å². The molecule has 0 aliphatic carbocycles. The van der Waals surface area contributed by atoms with Crippen LogP contribution in [0.3, 0.4) is 0 Å². The maximum atomic E-state index is 12.7. The molecule has 0 spiro atoms. The molecule has 6 N–H and O–H groups in total. The van der Waals surface area contributed by atoms with Crippen molar-refractivity contribution in [2.75, 3.05) is 4.72 Å².